The second-order valence-electron chi connectivity index (χ2n) is 6.37. The molecule has 0 bridgehead atoms. The maximum atomic E-state index is 12.1. The second kappa shape index (κ2) is 7.72. The van der Waals surface area contributed by atoms with E-state index in [9.17, 15) is 9.59 Å². The Morgan fingerprint density at radius 3 is 2.48 bits per heavy atom. The molecule has 0 aliphatic carbocycles. The molecule has 1 heterocycles. The van der Waals surface area contributed by atoms with Crippen molar-refractivity contribution in [2.24, 2.45) is 0 Å². The summed E-state index contributed by atoms with van der Waals surface area (Å²) in [5.41, 5.74) is 1.36. The largest absolute Gasteiger partial charge is 0.479 e. The maximum absolute atomic E-state index is 12.1. The van der Waals surface area contributed by atoms with Crippen LogP contribution in [0.1, 0.15) is 19.4 Å². The van der Waals surface area contributed by atoms with Gasteiger partial charge in [-0.25, -0.2) is 4.79 Å². The molecule has 0 fully saturated rings. The molecule has 0 radical (unpaired) electrons. The number of hydrogen-bond acceptors (Lipinski definition) is 4. The zero-order chi connectivity index (χ0) is 19.4. The molecular formula is C20H19ClN2O4. The highest BCUT2D eigenvalue weighted by atomic mass is 35.5. The van der Waals surface area contributed by atoms with Gasteiger partial charge < -0.3 is 20.1 Å². The molecule has 3 rings (SSSR count). The molecule has 1 unspecified atom stereocenters. The Morgan fingerprint density at radius 1 is 1.11 bits per heavy atom. The molecule has 0 saturated heterocycles. The average Bonchev–Trinajstić information content (AvgIpc) is 2.62. The lowest BCUT2D eigenvalue weighted by Gasteiger charge is -2.31. The summed E-state index contributed by atoms with van der Waals surface area (Å²) >= 11 is 5.83. The van der Waals surface area contributed by atoms with Gasteiger partial charge >= 0.3 is 12.0 Å². The number of benzene rings is 2. The highest BCUT2D eigenvalue weighted by Crippen LogP contribution is 2.33. The van der Waals surface area contributed by atoms with Crippen LogP contribution in [0.4, 0.5) is 16.2 Å². The summed E-state index contributed by atoms with van der Waals surface area (Å²) < 4.78 is 11.0. The molecular weight excluding hydrogens is 368 g/mol. The Hall–Kier alpha value is -2.99. The number of urea groups is 1. The van der Waals surface area contributed by atoms with Gasteiger partial charge in [0, 0.05) is 28.9 Å². The van der Waals surface area contributed by atoms with Crippen molar-refractivity contribution in [2.75, 3.05) is 17.2 Å². The first-order valence-corrected chi connectivity index (χ1v) is 8.70. The van der Waals surface area contributed by atoms with E-state index in [1.807, 2.05) is 19.1 Å². The third kappa shape index (κ3) is 5.01. The van der Waals surface area contributed by atoms with E-state index < -0.39 is 5.60 Å². The third-order valence-electron chi connectivity index (χ3n) is 3.89. The Kier molecular flexibility index (Phi) is 5.37. The number of rotatable bonds is 4. The van der Waals surface area contributed by atoms with Crippen molar-refractivity contribution < 1.29 is 19.1 Å². The SMILES string of the molecule is CC(=O)OCC1(C)C=Cc2cc(NC(=O)Nc3ccc(Cl)cc3)ccc2O1. The number of carbonyl (C=O) groups is 2. The molecule has 0 spiro atoms. The molecule has 2 aromatic carbocycles. The first-order chi connectivity index (χ1) is 12.8. The number of amides is 2. The molecule has 7 heteroatoms. The van der Waals surface area contributed by atoms with Crippen LogP contribution in [0.5, 0.6) is 5.75 Å². The first-order valence-electron chi connectivity index (χ1n) is 8.32. The van der Waals surface area contributed by atoms with Gasteiger partial charge in [0.1, 0.15) is 12.4 Å². The van der Waals surface area contributed by atoms with Crippen molar-refractivity contribution in [2.45, 2.75) is 19.4 Å². The highest BCUT2D eigenvalue weighted by Gasteiger charge is 2.29. The smallest absolute Gasteiger partial charge is 0.323 e. The van der Waals surface area contributed by atoms with E-state index in [1.54, 1.807) is 42.5 Å². The lowest BCUT2D eigenvalue weighted by atomic mass is 10.0. The van der Waals surface area contributed by atoms with Gasteiger partial charge in [0.25, 0.3) is 0 Å². The summed E-state index contributed by atoms with van der Waals surface area (Å²) in [5, 5.41) is 6.11. The number of hydrogen-bond donors (Lipinski definition) is 2. The summed E-state index contributed by atoms with van der Waals surface area (Å²) in [4.78, 5) is 23.1. The van der Waals surface area contributed by atoms with Crippen molar-refractivity contribution in [1.29, 1.82) is 0 Å². The van der Waals surface area contributed by atoms with Crippen molar-refractivity contribution in [3.8, 4) is 5.75 Å². The fraction of sp³-hybridized carbons (Fsp3) is 0.200. The molecule has 2 amide bonds. The van der Waals surface area contributed by atoms with Gasteiger partial charge in [-0.05, 0) is 55.5 Å². The number of halogens is 1. The van der Waals surface area contributed by atoms with E-state index in [0.717, 1.165) is 5.56 Å². The van der Waals surface area contributed by atoms with E-state index in [0.29, 0.717) is 22.1 Å². The van der Waals surface area contributed by atoms with Crippen LogP contribution in [0.2, 0.25) is 5.02 Å². The summed E-state index contributed by atoms with van der Waals surface area (Å²) in [6.45, 7) is 3.32. The molecule has 0 aromatic heterocycles. The van der Waals surface area contributed by atoms with E-state index in [4.69, 9.17) is 21.1 Å². The van der Waals surface area contributed by atoms with Crippen molar-refractivity contribution in [1.82, 2.24) is 0 Å². The summed E-state index contributed by atoms with van der Waals surface area (Å²) in [6, 6.07) is 11.8. The number of nitrogens with one attached hydrogen (secondary N) is 2. The molecule has 0 saturated carbocycles. The van der Waals surface area contributed by atoms with Gasteiger partial charge in [0.15, 0.2) is 5.60 Å². The molecule has 2 N–H and O–H groups in total. The Bertz CT molecular complexity index is 895. The molecule has 1 aliphatic rings. The third-order valence-corrected chi connectivity index (χ3v) is 4.14. The summed E-state index contributed by atoms with van der Waals surface area (Å²) in [6.07, 6.45) is 3.71. The quantitative estimate of drug-likeness (QED) is 0.746. The normalized spacial score (nSPS) is 17.4. The number of esters is 1. The zero-order valence-electron chi connectivity index (χ0n) is 14.9. The van der Waals surface area contributed by atoms with Crippen molar-refractivity contribution in [3.63, 3.8) is 0 Å². The van der Waals surface area contributed by atoms with Crippen LogP contribution in [0.25, 0.3) is 6.08 Å². The van der Waals surface area contributed by atoms with Crippen LogP contribution in [-0.2, 0) is 9.53 Å². The molecule has 2 aromatic rings. The predicted octanol–water partition coefficient (Wildman–Crippen LogP) is 4.71. The minimum absolute atomic E-state index is 0.127. The standard InChI is InChI=1S/C20H19ClN2O4/c1-13(24)26-12-20(2)10-9-14-11-17(7-8-18(14)27-20)23-19(25)22-16-5-3-15(21)4-6-16/h3-11H,12H2,1-2H3,(H2,22,23,25). The second-order valence-corrected chi connectivity index (χ2v) is 6.80. The molecule has 27 heavy (non-hydrogen) atoms. The number of ether oxygens (including phenoxy) is 2. The minimum Gasteiger partial charge on any atom is -0.479 e. The zero-order valence-corrected chi connectivity index (χ0v) is 15.7. The van der Waals surface area contributed by atoms with E-state index in [2.05, 4.69) is 10.6 Å². The lowest BCUT2D eigenvalue weighted by Crippen LogP contribution is -2.37. The van der Waals surface area contributed by atoms with Gasteiger partial charge in [-0.2, -0.15) is 0 Å². The van der Waals surface area contributed by atoms with Gasteiger partial charge in [0.2, 0.25) is 0 Å². The Balaban J connectivity index is 1.65. The Labute approximate surface area is 162 Å². The molecule has 6 nitrogen and oxygen atoms in total. The van der Waals surface area contributed by atoms with Crippen LogP contribution in [0, 0.1) is 0 Å². The van der Waals surface area contributed by atoms with Crippen molar-refractivity contribution >= 4 is 41.1 Å². The first kappa shape index (κ1) is 18.8. The topological polar surface area (TPSA) is 76.7 Å². The molecule has 1 aliphatic heterocycles. The lowest BCUT2D eigenvalue weighted by molar-refractivity contribution is -0.145. The van der Waals surface area contributed by atoms with Gasteiger partial charge in [-0.3, -0.25) is 4.79 Å². The van der Waals surface area contributed by atoms with Gasteiger partial charge in [-0.1, -0.05) is 17.7 Å². The number of carbonyl (C=O) groups excluding carboxylic acids is 2. The van der Waals surface area contributed by atoms with E-state index >= 15 is 0 Å². The number of fused-ring (bicyclic) bond motifs is 1. The maximum Gasteiger partial charge on any atom is 0.323 e. The van der Waals surface area contributed by atoms with E-state index in [1.165, 1.54) is 6.92 Å². The van der Waals surface area contributed by atoms with Crippen LogP contribution >= 0.6 is 11.6 Å². The predicted molar refractivity (Wildman–Crippen MR) is 105 cm³/mol. The summed E-state index contributed by atoms with van der Waals surface area (Å²) in [5.74, 6) is 0.293. The fourth-order valence-electron chi connectivity index (χ4n) is 2.55. The van der Waals surface area contributed by atoms with Crippen LogP contribution < -0.4 is 15.4 Å². The van der Waals surface area contributed by atoms with Gasteiger partial charge in [-0.15, -0.1) is 0 Å². The monoisotopic (exact) mass is 386 g/mol. The average molecular weight is 387 g/mol. The summed E-state index contributed by atoms with van der Waals surface area (Å²) in [7, 11) is 0. The highest BCUT2D eigenvalue weighted by molar-refractivity contribution is 6.30. The number of anilines is 2. The molecule has 1 atom stereocenters. The van der Waals surface area contributed by atoms with Crippen LogP contribution in [0.3, 0.4) is 0 Å². The van der Waals surface area contributed by atoms with Gasteiger partial charge in [0.05, 0.1) is 0 Å². The Morgan fingerprint density at radius 2 is 1.78 bits per heavy atom. The van der Waals surface area contributed by atoms with Crippen LogP contribution in [0.15, 0.2) is 48.5 Å². The molecule has 140 valence electrons. The fourth-order valence-corrected chi connectivity index (χ4v) is 2.68. The van der Waals surface area contributed by atoms with E-state index in [-0.39, 0.29) is 18.6 Å². The van der Waals surface area contributed by atoms with Crippen molar-refractivity contribution in [3.05, 3.63) is 59.1 Å². The minimum atomic E-state index is -0.723. The van der Waals surface area contributed by atoms with Crippen LogP contribution in [-0.4, -0.2) is 24.2 Å².